The van der Waals surface area contributed by atoms with Crippen molar-refractivity contribution in [3.63, 3.8) is 0 Å². The van der Waals surface area contributed by atoms with Gasteiger partial charge in [0.05, 0.1) is 5.56 Å². The molecule has 1 N–H and O–H groups in total. The number of carboxylic acid groups (broad SMARTS) is 1. The molecular weight excluding hydrogens is 290 g/mol. The summed E-state index contributed by atoms with van der Waals surface area (Å²) in [6.07, 6.45) is 1.57. The molecule has 0 amide bonds. The van der Waals surface area contributed by atoms with Gasteiger partial charge in [0.2, 0.25) is 0 Å². The fourth-order valence-electron chi connectivity index (χ4n) is 3.76. The van der Waals surface area contributed by atoms with Crippen molar-refractivity contribution in [2.75, 3.05) is 11.4 Å². The molecule has 4 nitrogen and oxygen atoms in total. The number of carbonyl (C=O) groups is 2. The van der Waals surface area contributed by atoms with Crippen LogP contribution in [0.3, 0.4) is 0 Å². The van der Waals surface area contributed by atoms with Gasteiger partial charge < -0.3 is 10.0 Å². The molecular formula is C19H17NO3. The van der Waals surface area contributed by atoms with E-state index in [-0.39, 0.29) is 5.78 Å². The number of carbonyl (C=O) groups excluding carboxylic acids is 1. The van der Waals surface area contributed by atoms with Crippen molar-refractivity contribution < 1.29 is 14.7 Å². The van der Waals surface area contributed by atoms with Crippen LogP contribution in [0, 0.1) is 0 Å². The second kappa shape index (κ2) is 5.23. The summed E-state index contributed by atoms with van der Waals surface area (Å²) in [4.78, 5) is 25.3. The number of aromatic carboxylic acids is 1. The van der Waals surface area contributed by atoms with Crippen LogP contribution in [-0.4, -0.2) is 23.4 Å². The van der Waals surface area contributed by atoms with Crippen LogP contribution in [0.2, 0.25) is 0 Å². The molecule has 0 fully saturated rings. The largest absolute Gasteiger partial charge is 0.478 e. The lowest BCUT2D eigenvalue weighted by Crippen LogP contribution is -2.22. The molecule has 0 radical (unpaired) electrons. The Morgan fingerprint density at radius 3 is 2.70 bits per heavy atom. The smallest absolute Gasteiger partial charge is 0.335 e. The van der Waals surface area contributed by atoms with E-state index in [4.69, 9.17) is 5.11 Å². The Labute approximate surface area is 134 Å². The summed E-state index contributed by atoms with van der Waals surface area (Å²) in [6.45, 7) is 1.67. The second-order valence-electron chi connectivity index (χ2n) is 6.28. The monoisotopic (exact) mass is 307 g/mol. The van der Waals surface area contributed by atoms with Crippen molar-refractivity contribution in [2.24, 2.45) is 0 Å². The van der Waals surface area contributed by atoms with Gasteiger partial charge in [-0.15, -0.1) is 0 Å². The van der Waals surface area contributed by atoms with Crippen LogP contribution in [0.15, 0.2) is 42.5 Å². The maximum Gasteiger partial charge on any atom is 0.335 e. The standard InChI is InChI=1S/C19H17NO3/c21-17-9-8-14-11-20(16-3-1-2-15(17)18(14)16)10-12-4-6-13(7-5-12)19(22)23/h1-7,14H,8-11H2,(H,22,23). The van der Waals surface area contributed by atoms with Gasteiger partial charge in [0.15, 0.2) is 5.78 Å². The van der Waals surface area contributed by atoms with Gasteiger partial charge in [-0.2, -0.15) is 0 Å². The van der Waals surface area contributed by atoms with E-state index in [9.17, 15) is 9.59 Å². The summed E-state index contributed by atoms with van der Waals surface area (Å²) >= 11 is 0. The molecule has 0 aromatic heterocycles. The van der Waals surface area contributed by atoms with Crippen LogP contribution in [-0.2, 0) is 6.54 Å². The summed E-state index contributed by atoms with van der Waals surface area (Å²) < 4.78 is 0. The number of benzene rings is 2. The summed E-state index contributed by atoms with van der Waals surface area (Å²) in [6, 6.07) is 13.0. The molecule has 1 heterocycles. The predicted octanol–water partition coefficient (Wildman–Crippen LogP) is 3.47. The number of Topliss-reactive ketones (excluding diaryl/α,β-unsaturated/α-hetero) is 1. The highest BCUT2D eigenvalue weighted by atomic mass is 16.4. The van der Waals surface area contributed by atoms with Crippen molar-refractivity contribution in [3.8, 4) is 0 Å². The van der Waals surface area contributed by atoms with Gasteiger partial charge in [0.25, 0.3) is 0 Å². The third-order valence-corrected chi connectivity index (χ3v) is 4.87. The first-order valence-corrected chi connectivity index (χ1v) is 7.87. The SMILES string of the molecule is O=C(O)c1ccc(CN2CC3CCC(=O)c4cccc2c43)cc1. The molecule has 0 saturated heterocycles. The minimum Gasteiger partial charge on any atom is -0.478 e. The molecule has 1 unspecified atom stereocenters. The highest BCUT2D eigenvalue weighted by molar-refractivity contribution is 6.01. The quantitative estimate of drug-likeness (QED) is 0.943. The van der Waals surface area contributed by atoms with E-state index in [1.807, 2.05) is 24.3 Å². The molecule has 1 aliphatic carbocycles. The van der Waals surface area contributed by atoms with Crippen molar-refractivity contribution in [3.05, 3.63) is 64.7 Å². The maximum absolute atomic E-state index is 12.1. The molecule has 116 valence electrons. The number of nitrogens with zero attached hydrogens (tertiary/aromatic N) is 1. The molecule has 4 rings (SSSR count). The average molecular weight is 307 g/mol. The minimum absolute atomic E-state index is 0.255. The maximum atomic E-state index is 12.1. The average Bonchev–Trinajstić information content (AvgIpc) is 2.91. The van der Waals surface area contributed by atoms with E-state index >= 15 is 0 Å². The Kier molecular flexibility index (Phi) is 3.18. The molecule has 0 spiro atoms. The number of anilines is 1. The van der Waals surface area contributed by atoms with Crippen LogP contribution in [0.5, 0.6) is 0 Å². The Bertz CT molecular complexity index is 795. The van der Waals surface area contributed by atoms with Gasteiger partial charge in [-0.1, -0.05) is 24.3 Å². The first-order chi connectivity index (χ1) is 11.1. The third kappa shape index (κ3) is 2.31. The lowest BCUT2D eigenvalue weighted by molar-refractivity contribution is 0.0696. The van der Waals surface area contributed by atoms with Crippen molar-refractivity contribution in [1.82, 2.24) is 0 Å². The van der Waals surface area contributed by atoms with E-state index in [0.29, 0.717) is 17.9 Å². The van der Waals surface area contributed by atoms with Gasteiger partial charge in [-0.25, -0.2) is 4.79 Å². The fraction of sp³-hybridized carbons (Fsp3) is 0.263. The number of carboxylic acids is 1. The second-order valence-corrected chi connectivity index (χ2v) is 6.28. The molecule has 23 heavy (non-hydrogen) atoms. The lowest BCUT2D eigenvalue weighted by Gasteiger charge is -2.20. The first kappa shape index (κ1) is 14.0. The van der Waals surface area contributed by atoms with E-state index in [0.717, 1.165) is 36.3 Å². The van der Waals surface area contributed by atoms with Gasteiger partial charge in [0.1, 0.15) is 0 Å². The Morgan fingerprint density at radius 1 is 1.17 bits per heavy atom. The zero-order valence-corrected chi connectivity index (χ0v) is 12.7. The molecule has 2 aromatic rings. The zero-order valence-electron chi connectivity index (χ0n) is 12.7. The Morgan fingerprint density at radius 2 is 1.96 bits per heavy atom. The number of hydrogen-bond donors (Lipinski definition) is 1. The van der Waals surface area contributed by atoms with Crippen LogP contribution in [0.4, 0.5) is 5.69 Å². The molecule has 0 saturated carbocycles. The van der Waals surface area contributed by atoms with Crippen molar-refractivity contribution >= 4 is 17.4 Å². The summed E-state index contributed by atoms with van der Waals surface area (Å²) in [7, 11) is 0. The van der Waals surface area contributed by atoms with Crippen LogP contribution in [0.25, 0.3) is 0 Å². The first-order valence-electron chi connectivity index (χ1n) is 7.87. The number of rotatable bonds is 3. The summed E-state index contributed by atoms with van der Waals surface area (Å²) in [5, 5.41) is 8.98. The lowest BCUT2D eigenvalue weighted by atomic mass is 9.83. The van der Waals surface area contributed by atoms with Gasteiger partial charge in [0, 0.05) is 36.7 Å². The molecule has 1 aliphatic heterocycles. The van der Waals surface area contributed by atoms with E-state index < -0.39 is 5.97 Å². The topological polar surface area (TPSA) is 57.6 Å². The fourth-order valence-corrected chi connectivity index (χ4v) is 3.76. The van der Waals surface area contributed by atoms with Gasteiger partial charge >= 0.3 is 5.97 Å². The zero-order chi connectivity index (χ0) is 16.0. The minimum atomic E-state index is -0.905. The van der Waals surface area contributed by atoms with E-state index in [2.05, 4.69) is 11.0 Å². The summed E-state index contributed by atoms with van der Waals surface area (Å²) in [5.74, 6) is -0.208. The van der Waals surface area contributed by atoms with Gasteiger partial charge in [-0.05, 0) is 35.7 Å². The van der Waals surface area contributed by atoms with Crippen LogP contribution < -0.4 is 4.90 Å². The van der Waals surface area contributed by atoms with Crippen LogP contribution in [0.1, 0.15) is 50.6 Å². The molecule has 2 aromatic carbocycles. The van der Waals surface area contributed by atoms with Gasteiger partial charge in [-0.3, -0.25) is 4.79 Å². The normalized spacial score (nSPS) is 18.9. The molecule has 0 bridgehead atoms. The highest BCUT2D eigenvalue weighted by Gasteiger charge is 2.35. The molecule has 4 heteroatoms. The summed E-state index contributed by atoms with van der Waals surface area (Å²) in [5.41, 5.74) is 4.65. The number of ketones is 1. The van der Waals surface area contributed by atoms with Crippen molar-refractivity contribution in [1.29, 1.82) is 0 Å². The molecule has 1 atom stereocenters. The van der Waals surface area contributed by atoms with Crippen molar-refractivity contribution in [2.45, 2.75) is 25.3 Å². The third-order valence-electron chi connectivity index (χ3n) is 4.87. The van der Waals surface area contributed by atoms with E-state index in [1.165, 1.54) is 5.56 Å². The molecule has 2 aliphatic rings. The Balaban J connectivity index is 1.63. The number of hydrogen-bond acceptors (Lipinski definition) is 3. The Hall–Kier alpha value is -2.62. The van der Waals surface area contributed by atoms with Crippen LogP contribution >= 0.6 is 0 Å². The highest BCUT2D eigenvalue weighted by Crippen LogP contribution is 2.44. The van der Waals surface area contributed by atoms with E-state index in [1.54, 1.807) is 12.1 Å². The predicted molar refractivity (Wildman–Crippen MR) is 87.2 cm³/mol.